The molecule has 0 atom stereocenters. The maximum Gasteiger partial charge on any atom is 0.422 e. The lowest BCUT2D eigenvalue weighted by atomic mass is 9.89. The van der Waals surface area contributed by atoms with Crippen molar-refractivity contribution in [2.45, 2.75) is 86.2 Å². The molecule has 0 aliphatic heterocycles. The van der Waals surface area contributed by atoms with Crippen molar-refractivity contribution >= 4 is 6.09 Å². The number of carbonyl (C=O) groups excluding carboxylic acids is 1. The van der Waals surface area contributed by atoms with E-state index in [4.69, 9.17) is 4.74 Å². The highest BCUT2D eigenvalue weighted by Gasteiger charge is 2.17. The van der Waals surface area contributed by atoms with Gasteiger partial charge in [-0.1, -0.05) is 47.0 Å². The lowest BCUT2D eigenvalue weighted by molar-refractivity contribution is 0.0493. The summed E-state index contributed by atoms with van der Waals surface area (Å²) >= 11 is 0. The molecular weight excluding hydrogens is 252 g/mol. The highest BCUT2D eigenvalue weighted by Crippen LogP contribution is 2.22. The van der Waals surface area contributed by atoms with Crippen LogP contribution in [0.15, 0.2) is 0 Å². The van der Waals surface area contributed by atoms with Crippen molar-refractivity contribution in [3.05, 3.63) is 0 Å². The largest absolute Gasteiger partial charge is 0.443 e. The van der Waals surface area contributed by atoms with E-state index in [-0.39, 0.29) is 0 Å². The zero-order valence-electron chi connectivity index (χ0n) is 14.6. The van der Waals surface area contributed by atoms with Gasteiger partial charge in [-0.15, -0.1) is 0 Å². The van der Waals surface area contributed by atoms with Crippen LogP contribution in [0.5, 0.6) is 0 Å². The first-order chi connectivity index (χ1) is 9.47. The Morgan fingerprint density at radius 2 is 1.55 bits per heavy atom. The van der Waals surface area contributed by atoms with Gasteiger partial charge in [0.2, 0.25) is 0 Å². The Bertz CT molecular complexity index is 219. The molecule has 0 bridgehead atoms. The average molecular weight is 288 g/mol. The fourth-order valence-corrected chi connectivity index (χ4v) is 1.96. The molecule has 1 fully saturated rings. The second-order valence-corrected chi connectivity index (χ2v) is 5.51. The van der Waals surface area contributed by atoms with Crippen LogP contribution in [-0.2, 0) is 4.74 Å². The topological polar surface area (TPSA) is 50.4 Å². The van der Waals surface area contributed by atoms with Gasteiger partial charge in [-0.25, -0.2) is 10.2 Å². The molecule has 0 unspecified atom stereocenters. The molecule has 122 valence electrons. The van der Waals surface area contributed by atoms with E-state index >= 15 is 0 Å². The lowest BCUT2D eigenvalue weighted by Crippen LogP contribution is -2.43. The highest BCUT2D eigenvalue weighted by atomic mass is 16.6. The van der Waals surface area contributed by atoms with Crippen LogP contribution >= 0.6 is 0 Å². The number of carbonyl (C=O) groups is 1. The third kappa shape index (κ3) is 13.7. The number of rotatable bonds is 3. The normalized spacial score (nSPS) is 15.2. The maximum absolute atomic E-state index is 11.3. The van der Waals surface area contributed by atoms with E-state index < -0.39 is 11.7 Å². The molecule has 1 aliphatic carbocycles. The third-order valence-corrected chi connectivity index (χ3v) is 2.70. The molecule has 0 saturated heterocycles. The predicted octanol–water partition coefficient (Wildman–Crippen LogP) is 4.65. The van der Waals surface area contributed by atoms with E-state index in [9.17, 15) is 4.79 Å². The van der Waals surface area contributed by atoms with Gasteiger partial charge in [0, 0.05) is 6.54 Å². The minimum atomic E-state index is -0.434. The summed E-state index contributed by atoms with van der Waals surface area (Å²) in [5.74, 6) is 0.698. The van der Waals surface area contributed by atoms with Gasteiger partial charge in [0.15, 0.2) is 0 Å². The summed E-state index contributed by atoms with van der Waals surface area (Å²) < 4.78 is 5.11. The lowest BCUT2D eigenvalue weighted by Gasteiger charge is -2.23. The molecule has 1 rings (SSSR count). The predicted molar refractivity (Wildman–Crippen MR) is 86.6 cm³/mol. The van der Waals surface area contributed by atoms with Crippen LogP contribution in [0.2, 0.25) is 0 Å². The minimum Gasteiger partial charge on any atom is -0.443 e. The molecule has 4 heteroatoms. The summed E-state index contributed by atoms with van der Waals surface area (Å²) in [6.07, 6.45) is 6.13. The second kappa shape index (κ2) is 13.2. The van der Waals surface area contributed by atoms with Crippen molar-refractivity contribution < 1.29 is 9.53 Å². The monoisotopic (exact) mass is 288 g/mol. The van der Waals surface area contributed by atoms with E-state index in [1.54, 1.807) is 0 Å². The molecule has 1 aliphatic rings. The molecule has 0 aromatic rings. The SMILES string of the molecule is CC.CC.CC(C)(C)OC(=O)NNCC1CCCCC1. The number of nitrogens with one attached hydrogen (secondary N) is 2. The van der Waals surface area contributed by atoms with Gasteiger partial charge in [0.1, 0.15) is 5.60 Å². The van der Waals surface area contributed by atoms with Gasteiger partial charge in [-0.3, -0.25) is 5.43 Å². The zero-order valence-corrected chi connectivity index (χ0v) is 14.6. The second-order valence-electron chi connectivity index (χ2n) is 5.51. The average Bonchev–Trinajstić information content (AvgIpc) is 2.42. The van der Waals surface area contributed by atoms with E-state index in [0.29, 0.717) is 5.92 Å². The van der Waals surface area contributed by atoms with Gasteiger partial charge in [-0.05, 0) is 39.5 Å². The van der Waals surface area contributed by atoms with E-state index in [1.807, 2.05) is 48.5 Å². The maximum atomic E-state index is 11.3. The van der Waals surface area contributed by atoms with Crippen LogP contribution in [0.25, 0.3) is 0 Å². The first-order valence-corrected chi connectivity index (χ1v) is 8.19. The molecular formula is C16H36N2O2. The van der Waals surface area contributed by atoms with Crippen molar-refractivity contribution in [1.29, 1.82) is 0 Å². The summed E-state index contributed by atoms with van der Waals surface area (Å²) in [6.45, 7) is 14.4. The number of hydrazine groups is 1. The van der Waals surface area contributed by atoms with E-state index in [0.717, 1.165) is 6.54 Å². The number of hydrogen-bond acceptors (Lipinski definition) is 3. The number of ether oxygens (including phenoxy) is 1. The van der Waals surface area contributed by atoms with Crippen molar-refractivity contribution in [1.82, 2.24) is 10.9 Å². The zero-order chi connectivity index (χ0) is 16.0. The molecule has 0 radical (unpaired) electrons. The summed E-state index contributed by atoms with van der Waals surface area (Å²) in [7, 11) is 0. The van der Waals surface area contributed by atoms with E-state index in [1.165, 1.54) is 32.1 Å². The standard InChI is InChI=1S/C12H24N2O2.2C2H6/c1-12(2,3)16-11(15)14-13-9-10-7-5-4-6-8-10;2*1-2/h10,13H,4-9H2,1-3H3,(H,14,15);2*1-2H3. The fraction of sp³-hybridized carbons (Fsp3) is 0.938. The Hall–Kier alpha value is -0.770. The Morgan fingerprint density at radius 1 is 1.05 bits per heavy atom. The molecule has 0 spiro atoms. The van der Waals surface area contributed by atoms with Gasteiger partial charge in [0.05, 0.1) is 0 Å². The fourth-order valence-electron chi connectivity index (χ4n) is 1.96. The van der Waals surface area contributed by atoms with Gasteiger partial charge in [-0.2, -0.15) is 0 Å². The summed E-state index contributed by atoms with van der Waals surface area (Å²) in [6, 6.07) is 0. The summed E-state index contributed by atoms with van der Waals surface area (Å²) in [5.41, 5.74) is 5.09. The molecule has 0 aromatic carbocycles. The van der Waals surface area contributed by atoms with Crippen LogP contribution in [0, 0.1) is 5.92 Å². The summed E-state index contributed by atoms with van der Waals surface area (Å²) in [4.78, 5) is 11.3. The minimum absolute atomic E-state index is 0.400. The highest BCUT2D eigenvalue weighted by molar-refractivity contribution is 5.66. The van der Waals surface area contributed by atoms with Crippen LogP contribution in [0.4, 0.5) is 4.79 Å². The molecule has 0 aromatic heterocycles. The van der Waals surface area contributed by atoms with Gasteiger partial charge in [0.25, 0.3) is 0 Å². The van der Waals surface area contributed by atoms with Crippen molar-refractivity contribution in [3.63, 3.8) is 0 Å². The summed E-state index contributed by atoms with van der Waals surface area (Å²) in [5, 5.41) is 0. The van der Waals surface area contributed by atoms with Gasteiger partial charge < -0.3 is 4.74 Å². The molecule has 20 heavy (non-hydrogen) atoms. The van der Waals surface area contributed by atoms with Crippen LogP contribution in [-0.4, -0.2) is 18.2 Å². The number of hydrogen-bond donors (Lipinski definition) is 2. The van der Waals surface area contributed by atoms with Crippen molar-refractivity contribution in [3.8, 4) is 0 Å². The quantitative estimate of drug-likeness (QED) is 0.743. The van der Waals surface area contributed by atoms with Crippen molar-refractivity contribution in [2.75, 3.05) is 6.54 Å². The Kier molecular flexibility index (Phi) is 14.2. The first kappa shape index (κ1) is 21.5. The molecule has 0 heterocycles. The van der Waals surface area contributed by atoms with Crippen LogP contribution in [0.3, 0.4) is 0 Å². The molecule has 1 saturated carbocycles. The van der Waals surface area contributed by atoms with Gasteiger partial charge >= 0.3 is 6.09 Å². The first-order valence-electron chi connectivity index (χ1n) is 8.19. The Morgan fingerprint density at radius 3 is 2.00 bits per heavy atom. The smallest absolute Gasteiger partial charge is 0.422 e. The van der Waals surface area contributed by atoms with Crippen LogP contribution in [0.1, 0.15) is 80.6 Å². The third-order valence-electron chi connectivity index (χ3n) is 2.70. The molecule has 4 nitrogen and oxygen atoms in total. The van der Waals surface area contributed by atoms with Crippen molar-refractivity contribution in [2.24, 2.45) is 5.92 Å². The Labute approximate surface area is 126 Å². The molecule has 1 amide bonds. The van der Waals surface area contributed by atoms with E-state index in [2.05, 4.69) is 10.9 Å². The molecule has 2 N–H and O–H groups in total. The number of amides is 1. The Balaban J connectivity index is 0. The van der Waals surface area contributed by atoms with Crippen LogP contribution < -0.4 is 10.9 Å².